The van der Waals surface area contributed by atoms with Crippen molar-refractivity contribution in [3.63, 3.8) is 0 Å². The van der Waals surface area contributed by atoms with E-state index in [1.165, 1.54) is 0 Å². The van der Waals surface area contributed by atoms with Crippen LogP contribution in [-0.2, 0) is 4.79 Å². The molecule has 0 saturated heterocycles. The van der Waals surface area contributed by atoms with Crippen molar-refractivity contribution in [2.24, 2.45) is 0 Å². The number of carboxylic acid groups (broad SMARTS) is 1. The highest BCUT2D eigenvalue weighted by atomic mass is 35.5. The monoisotopic (exact) mass is 204 g/mol. The Bertz CT molecular complexity index is 282. The lowest BCUT2D eigenvalue weighted by atomic mass is 10.1. The first kappa shape index (κ1) is 9.36. The Kier molecular flexibility index (Phi) is 2.95. The molecule has 0 aliphatic heterocycles. The molecular weight excluding hydrogens is 199 g/mol. The second kappa shape index (κ2) is 3.78. The van der Waals surface area contributed by atoms with Crippen LogP contribution in [0.5, 0.6) is 0 Å². The van der Waals surface area contributed by atoms with Gasteiger partial charge in [-0.05, 0) is 17.7 Å². The van der Waals surface area contributed by atoms with Crippen LogP contribution in [-0.4, -0.2) is 11.1 Å². The van der Waals surface area contributed by atoms with Crippen molar-refractivity contribution < 1.29 is 9.90 Å². The Morgan fingerprint density at radius 1 is 1.33 bits per heavy atom. The zero-order valence-electron chi connectivity index (χ0n) is 6.00. The maximum absolute atomic E-state index is 10.4. The van der Waals surface area contributed by atoms with Crippen LogP contribution in [0.25, 0.3) is 0 Å². The van der Waals surface area contributed by atoms with E-state index in [4.69, 9.17) is 28.3 Å². The van der Waals surface area contributed by atoms with E-state index in [-0.39, 0.29) is 0 Å². The quantitative estimate of drug-likeness (QED) is 0.753. The lowest BCUT2D eigenvalue weighted by molar-refractivity contribution is -0.136. The van der Waals surface area contributed by atoms with Crippen LogP contribution in [0.2, 0.25) is 5.02 Å². The van der Waals surface area contributed by atoms with E-state index in [9.17, 15) is 4.79 Å². The zero-order valence-corrected chi connectivity index (χ0v) is 7.51. The minimum Gasteiger partial charge on any atom is -0.480 e. The van der Waals surface area contributed by atoms with Crippen LogP contribution in [0.15, 0.2) is 24.3 Å². The molecule has 4 heteroatoms. The molecule has 0 saturated carbocycles. The summed E-state index contributed by atoms with van der Waals surface area (Å²) in [5.41, 5.74) is 0.536. The standard InChI is InChI=1S/C8H6Cl2O2/c9-6-3-1-5(2-4-6)7(10)8(11)12/h1-4,7H,(H,11,12)/t7-/m0/s1. The third kappa shape index (κ3) is 2.13. The van der Waals surface area contributed by atoms with Gasteiger partial charge in [0, 0.05) is 5.02 Å². The van der Waals surface area contributed by atoms with Crippen LogP contribution < -0.4 is 0 Å². The molecule has 1 atom stereocenters. The molecule has 1 N–H and O–H groups in total. The van der Waals surface area contributed by atoms with E-state index in [1.54, 1.807) is 24.3 Å². The number of hydrogen-bond donors (Lipinski definition) is 1. The van der Waals surface area contributed by atoms with Gasteiger partial charge in [0.25, 0.3) is 0 Å². The summed E-state index contributed by atoms with van der Waals surface area (Å²) in [6.45, 7) is 0. The fourth-order valence-electron chi connectivity index (χ4n) is 0.774. The average molecular weight is 205 g/mol. The number of aliphatic carboxylic acids is 1. The summed E-state index contributed by atoms with van der Waals surface area (Å²) in [5.74, 6) is -1.06. The van der Waals surface area contributed by atoms with Crippen LogP contribution in [0, 0.1) is 0 Å². The molecule has 0 fully saturated rings. The molecule has 0 aliphatic carbocycles. The number of hydrogen-bond acceptors (Lipinski definition) is 1. The molecule has 64 valence electrons. The minimum absolute atomic E-state index is 0.536. The number of alkyl halides is 1. The molecular formula is C8H6Cl2O2. The first-order valence-corrected chi connectivity index (χ1v) is 4.05. The van der Waals surface area contributed by atoms with Gasteiger partial charge in [0.05, 0.1) is 0 Å². The van der Waals surface area contributed by atoms with Gasteiger partial charge in [0.15, 0.2) is 5.38 Å². The second-order valence-electron chi connectivity index (χ2n) is 2.25. The number of carbonyl (C=O) groups is 1. The van der Waals surface area contributed by atoms with Crippen LogP contribution in [0.3, 0.4) is 0 Å². The zero-order chi connectivity index (χ0) is 9.14. The smallest absolute Gasteiger partial charge is 0.326 e. The Morgan fingerprint density at radius 2 is 1.83 bits per heavy atom. The summed E-state index contributed by atoms with van der Waals surface area (Å²) in [6, 6.07) is 6.40. The normalized spacial score (nSPS) is 12.5. The fraction of sp³-hybridized carbons (Fsp3) is 0.125. The predicted molar refractivity (Wildman–Crippen MR) is 47.7 cm³/mol. The molecule has 0 unspecified atom stereocenters. The van der Waals surface area contributed by atoms with Gasteiger partial charge >= 0.3 is 5.97 Å². The molecule has 0 aliphatic rings. The molecule has 0 aromatic heterocycles. The summed E-state index contributed by atoms with van der Waals surface area (Å²) in [4.78, 5) is 10.4. The predicted octanol–water partition coefficient (Wildman–Crippen LogP) is 2.70. The second-order valence-corrected chi connectivity index (χ2v) is 3.13. The van der Waals surface area contributed by atoms with E-state index >= 15 is 0 Å². The van der Waals surface area contributed by atoms with Gasteiger partial charge in [-0.2, -0.15) is 0 Å². The van der Waals surface area contributed by atoms with Gasteiger partial charge in [-0.15, -0.1) is 11.6 Å². The molecule has 12 heavy (non-hydrogen) atoms. The lowest BCUT2D eigenvalue weighted by Crippen LogP contribution is -2.04. The highest BCUT2D eigenvalue weighted by Gasteiger charge is 2.15. The lowest BCUT2D eigenvalue weighted by Gasteiger charge is -2.03. The van der Waals surface area contributed by atoms with Crippen LogP contribution >= 0.6 is 23.2 Å². The van der Waals surface area contributed by atoms with Gasteiger partial charge in [-0.3, -0.25) is 4.79 Å². The van der Waals surface area contributed by atoms with Gasteiger partial charge < -0.3 is 5.11 Å². The van der Waals surface area contributed by atoms with Gasteiger partial charge in [0.2, 0.25) is 0 Å². The number of carboxylic acids is 1. The fourth-order valence-corrected chi connectivity index (χ4v) is 1.05. The summed E-state index contributed by atoms with van der Waals surface area (Å²) >= 11 is 11.2. The first-order chi connectivity index (χ1) is 5.61. The summed E-state index contributed by atoms with van der Waals surface area (Å²) in [5, 5.41) is 8.10. The van der Waals surface area contributed by atoms with Crippen LogP contribution in [0.4, 0.5) is 0 Å². The third-order valence-electron chi connectivity index (χ3n) is 1.38. The maximum atomic E-state index is 10.4. The highest BCUT2D eigenvalue weighted by Crippen LogP contribution is 2.21. The maximum Gasteiger partial charge on any atom is 0.326 e. The SMILES string of the molecule is O=C(O)[C@@H](Cl)c1ccc(Cl)cc1. The summed E-state index contributed by atoms with van der Waals surface area (Å²) in [6.07, 6.45) is 0. The summed E-state index contributed by atoms with van der Waals surface area (Å²) in [7, 11) is 0. The molecule has 2 nitrogen and oxygen atoms in total. The largest absolute Gasteiger partial charge is 0.480 e. The van der Waals surface area contributed by atoms with Crippen molar-refractivity contribution in [1.29, 1.82) is 0 Å². The molecule has 1 aromatic rings. The van der Waals surface area contributed by atoms with Gasteiger partial charge in [-0.25, -0.2) is 0 Å². The van der Waals surface area contributed by atoms with Gasteiger partial charge in [0.1, 0.15) is 0 Å². The van der Waals surface area contributed by atoms with E-state index in [2.05, 4.69) is 0 Å². The average Bonchev–Trinajstić information content (AvgIpc) is 2.04. The molecule has 1 rings (SSSR count). The Balaban J connectivity index is 2.89. The summed E-state index contributed by atoms with van der Waals surface area (Å²) < 4.78 is 0. The van der Waals surface area contributed by atoms with Crippen LogP contribution in [0.1, 0.15) is 10.9 Å². The van der Waals surface area contributed by atoms with Gasteiger partial charge in [-0.1, -0.05) is 23.7 Å². The molecule has 1 aromatic carbocycles. The van der Waals surface area contributed by atoms with Crippen molar-refractivity contribution in [2.75, 3.05) is 0 Å². The van der Waals surface area contributed by atoms with Crippen molar-refractivity contribution >= 4 is 29.2 Å². The molecule has 0 heterocycles. The first-order valence-electron chi connectivity index (χ1n) is 3.23. The van der Waals surface area contributed by atoms with E-state index in [0.717, 1.165) is 0 Å². The Hall–Kier alpha value is -0.730. The molecule has 0 amide bonds. The highest BCUT2D eigenvalue weighted by molar-refractivity contribution is 6.31. The Morgan fingerprint density at radius 3 is 2.25 bits per heavy atom. The topological polar surface area (TPSA) is 37.3 Å². The van der Waals surface area contributed by atoms with Crippen molar-refractivity contribution in [3.05, 3.63) is 34.9 Å². The molecule has 0 radical (unpaired) electrons. The van der Waals surface area contributed by atoms with E-state index in [0.29, 0.717) is 10.6 Å². The van der Waals surface area contributed by atoms with E-state index in [1.807, 2.05) is 0 Å². The number of rotatable bonds is 2. The molecule has 0 spiro atoms. The van der Waals surface area contributed by atoms with Crippen molar-refractivity contribution in [2.45, 2.75) is 5.38 Å². The number of halogens is 2. The van der Waals surface area contributed by atoms with Crippen molar-refractivity contribution in [3.8, 4) is 0 Å². The Labute approximate surface area is 79.7 Å². The number of benzene rings is 1. The van der Waals surface area contributed by atoms with Crippen molar-refractivity contribution in [1.82, 2.24) is 0 Å². The molecule has 0 bridgehead atoms. The van der Waals surface area contributed by atoms with E-state index < -0.39 is 11.3 Å². The minimum atomic E-state index is -1.06. The third-order valence-corrected chi connectivity index (χ3v) is 2.07.